The van der Waals surface area contributed by atoms with E-state index in [1.165, 1.54) is 24.1 Å². The Morgan fingerprint density at radius 1 is 1.06 bits per heavy atom. The van der Waals surface area contributed by atoms with Crippen LogP contribution in [0.15, 0.2) is 47.4 Å². The zero-order chi connectivity index (χ0) is 23.7. The van der Waals surface area contributed by atoms with E-state index in [1.807, 2.05) is 0 Å². The second-order valence-electron chi connectivity index (χ2n) is 7.64. The SMILES string of the molecule is CN(Cc1ccc(C(F)(F)F)cc1)C(=O)C1CCN(S(=O)(=O)c2cc(F)ccc2F)CC1. The van der Waals surface area contributed by atoms with Crippen LogP contribution in [-0.2, 0) is 27.5 Å². The van der Waals surface area contributed by atoms with Gasteiger partial charge in [0, 0.05) is 32.6 Å². The van der Waals surface area contributed by atoms with E-state index >= 15 is 0 Å². The molecule has 1 fully saturated rings. The molecular weight excluding hydrogens is 455 g/mol. The molecule has 0 saturated carbocycles. The summed E-state index contributed by atoms with van der Waals surface area (Å²) in [6.07, 6.45) is -4.07. The number of benzene rings is 2. The normalized spacial score (nSPS) is 16.2. The number of carbonyl (C=O) groups is 1. The van der Waals surface area contributed by atoms with Crippen LogP contribution >= 0.6 is 0 Å². The van der Waals surface area contributed by atoms with Crippen LogP contribution in [0.5, 0.6) is 0 Å². The lowest BCUT2D eigenvalue weighted by Crippen LogP contribution is -2.43. The van der Waals surface area contributed by atoms with Gasteiger partial charge in [-0.15, -0.1) is 0 Å². The number of nitrogens with zero attached hydrogens (tertiary/aromatic N) is 2. The molecule has 0 spiro atoms. The number of sulfonamides is 1. The standard InChI is InChI=1S/C21H21F5N2O3S/c1-27(13-14-2-4-16(5-3-14)21(24,25)26)20(29)15-8-10-28(11-9-15)32(30,31)19-12-17(22)6-7-18(19)23/h2-7,12,15H,8-11,13H2,1H3. The van der Waals surface area contributed by atoms with Gasteiger partial charge in [-0.3, -0.25) is 4.79 Å². The molecule has 1 aliphatic heterocycles. The summed E-state index contributed by atoms with van der Waals surface area (Å²) in [6.45, 7) is 0.0234. The largest absolute Gasteiger partial charge is 0.416 e. The molecule has 1 saturated heterocycles. The van der Waals surface area contributed by atoms with Gasteiger partial charge in [0.1, 0.15) is 16.5 Å². The average molecular weight is 476 g/mol. The Balaban J connectivity index is 1.60. The summed E-state index contributed by atoms with van der Waals surface area (Å²) in [6, 6.07) is 6.69. The molecule has 3 rings (SSSR count). The molecule has 0 N–H and O–H groups in total. The molecule has 2 aromatic carbocycles. The highest BCUT2D eigenvalue weighted by molar-refractivity contribution is 7.89. The van der Waals surface area contributed by atoms with Gasteiger partial charge in [0.2, 0.25) is 15.9 Å². The van der Waals surface area contributed by atoms with E-state index in [0.29, 0.717) is 11.6 Å². The van der Waals surface area contributed by atoms with Crippen LogP contribution in [0, 0.1) is 17.6 Å². The zero-order valence-corrected chi connectivity index (χ0v) is 17.9. The van der Waals surface area contributed by atoms with Crippen LogP contribution in [0.1, 0.15) is 24.0 Å². The molecule has 1 aliphatic rings. The molecule has 0 aromatic heterocycles. The number of hydrogen-bond acceptors (Lipinski definition) is 3. The van der Waals surface area contributed by atoms with Gasteiger partial charge in [0.05, 0.1) is 5.56 Å². The first-order chi connectivity index (χ1) is 14.9. The van der Waals surface area contributed by atoms with Crippen molar-refractivity contribution >= 4 is 15.9 Å². The molecule has 5 nitrogen and oxygen atoms in total. The minimum Gasteiger partial charge on any atom is -0.341 e. The van der Waals surface area contributed by atoms with Gasteiger partial charge in [-0.2, -0.15) is 17.5 Å². The monoisotopic (exact) mass is 476 g/mol. The second kappa shape index (κ2) is 9.14. The highest BCUT2D eigenvalue weighted by atomic mass is 32.2. The Kier molecular flexibility index (Phi) is 6.89. The van der Waals surface area contributed by atoms with Gasteiger partial charge in [-0.25, -0.2) is 17.2 Å². The quantitative estimate of drug-likeness (QED) is 0.612. The lowest BCUT2D eigenvalue weighted by atomic mass is 9.96. The van der Waals surface area contributed by atoms with E-state index in [2.05, 4.69) is 0 Å². The number of amides is 1. The summed E-state index contributed by atoms with van der Waals surface area (Å²) in [5.74, 6) is -2.68. The van der Waals surface area contributed by atoms with E-state index < -0.39 is 44.2 Å². The van der Waals surface area contributed by atoms with E-state index in [-0.39, 0.29) is 38.4 Å². The molecule has 0 radical (unpaired) electrons. The van der Waals surface area contributed by atoms with Crippen molar-refractivity contribution < 1.29 is 35.2 Å². The topological polar surface area (TPSA) is 57.7 Å². The lowest BCUT2D eigenvalue weighted by Gasteiger charge is -2.32. The Labute approximate surface area is 182 Å². The molecule has 174 valence electrons. The van der Waals surface area contributed by atoms with Crippen LogP contribution in [0.2, 0.25) is 0 Å². The number of hydrogen-bond donors (Lipinski definition) is 0. The molecule has 1 heterocycles. The highest BCUT2D eigenvalue weighted by Gasteiger charge is 2.35. The molecule has 1 amide bonds. The van der Waals surface area contributed by atoms with Crippen molar-refractivity contribution in [2.24, 2.45) is 5.92 Å². The van der Waals surface area contributed by atoms with E-state index in [9.17, 15) is 35.2 Å². The van der Waals surface area contributed by atoms with Crippen LogP contribution in [0.3, 0.4) is 0 Å². The van der Waals surface area contributed by atoms with E-state index in [0.717, 1.165) is 28.6 Å². The first kappa shape index (κ1) is 24.1. The summed E-state index contributed by atoms with van der Waals surface area (Å²) in [7, 11) is -2.73. The number of rotatable bonds is 5. The second-order valence-corrected chi connectivity index (χ2v) is 9.55. The highest BCUT2D eigenvalue weighted by Crippen LogP contribution is 2.30. The van der Waals surface area contributed by atoms with Crippen molar-refractivity contribution in [3.63, 3.8) is 0 Å². The third kappa shape index (κ3) is 5.26. The number of halogens is 5. The molecule has 0 bridgehead atoms. The zero-order valence-electron chi connectivity index (χ0n) is 17.1. The van der Waals surface area contributed by atoms with Crippen LogP contribution in [0.25, 0.3) is 0 Å². The fourth-order valence-corrected chi connectivity index (χ4v) is 5.17. The Hall–Kier alpha value is -2.53. The first-order valence-corrected chi connectivity index (χ1v) is 11.2. The smallest absolute Gasteiger partial charge is 0.341 e. The average Bonchev–Trinajstić information content (AvgIpc) is 2.74. The molecule has 0 atom stereocenters. The summed E-state index contributed by atoms with van der Waals surface area (Å²) < 4.78 is 91.7. The van der Waals surface area contributed by atoms with Gasteiger partial charge in [0.15, 0.2) is 0 Å². The van der Waals surface area contributed by atoms with Gasteiger partial charge in [-0.05, 0) is 48.7 Å². The van der Waals surface area contributed by atoms with Crippen molar-refractivity contribution in [1.82, 2.24) is 9.21 Å². The molecule has 0 unspecified atom stereocenters. The summed E-state index contributed by atoms with van der Waals surface area (Å²) >= 11 is 0. The number of piperidine rings is 1. The maximum absolute atomic E-state index is 13.9. The van der Waals surface area contributed by atoms with E-state index in [1.54, 1.807) is 0 Å². The molecule has 11 heteroatoms. The minimum absolute atomic E-state index is 0.0389. The van der Waals surface area contributed by atoms with Crippen molar-refractivity contribution in [1.29, 1.82) is 0 Å². The van der Waals surface area contributed by atoms with Crippen LogP contribution < -0.4 is 0 Å². The fourth-order valence-electron chi connectivity index (χ4n) is 3.62. The summed E-state index contributed by atoms with van der Waals surface area (Å²) in [4.78, 5) is 13.4. The third-order valence-corrected chi connectivity index (χ3v) is 7.31. The molecule has 2 aromatic rings. The molecule has 32 heavy (non-hydrogen) atoms. The van der Waals surface area contributed by atoms with Gasteiger partial charge in [-0.1, -0.05) is 12.1 Å². The van der Waals surface area contributed by atoms with Gasteiger partial charge < -0.3 is 4.90 Å². The first-order valence-electron chi connectivity index (χ1n) is 9.76. The predicted molar refractivity (Wildman–Crippen MR) is 106 cm³/mol. The van der Waals surface area contributed by atoms with Gasteiger partial charge in [0.25, 0.3) is 0 Å². The molecular formula is C21H21F5N2O3S. The predicted octanol–water partition coefficient (Wildman–Crippen LogP) is 4.04. The van der Waals surface area contributed by atoms with Crippen LogP contribution in [-0.4, -0.2) is 43.7 Å². The van der Waals surface area contributed by atoms with Crippen molar-refractivity contribution in [3.8, 4) is 0 Å². The maximum atomic E-state index is 13.9. The summed E-state index contributed by atoms with van der Waals surface area (Å²) in [5, 5.41) is 0. The van der Waals surface area contributed by atoms with E-state index in [4.69, 9.17) is 0 Å². The fraction of sp³-hybridized carbons (Fsp3) is 0.381. The Bertz CT molecular complexity index is 1080. The number of alkyl halides is 3. The van der Waals surface area contributed by atoms with Gasteiger partial charge >= 0.3 is 6.18 Å². The van der Waals surface area contributed by atoms with Crippen molar-refractivity contribution in [2.45, 2.75) is 30.5 Å². The lowest BCUT2D eigenvalue weighted by molar-refractivity contribution is -0.138. The van der Waals surface area contributed by atoms with Crippen molar-refractivity contribution in [3.05, 3.63) is 65.2 Å². The molecule has 0 aliphatic carbocycles. The van der Waals surface area contributed by atoms with Crippen molar-refractivity contribution in [2.75, 3.05) is 20.1 Å². The third-order valence-electron chi connectivity index (χ3n) is 5.39. The minimum atomic E-state index is -4.44. The number of carbonyl (C=O) groups excluding carboxylic acids is 1. The summed E-state index contributed by atoms with van der Waals surface area (Å²) in [5.41, 5.74) is -0.256. The Morgan fingerprint density at radius 2 is 1.66 bits per heavy atom. The van der Waals surface area contributed by atoms with Crippen LogP contribution in [0.4, 0.5) is 22.0 Å². The Morgan fingerprint density at radius 3 is 2.22 bits per heavy atom. The maximum Gasteiger partial charge on any atom is 0.416 e.